The minimum Gasteiger partial charge on any atom is -0.494 e. The molecule has 0 atom stereocenters. The van der Waals surface area contributed by atoms with Gasteiger partial charge in [0.1, 0.15) is 5.75 Å². The van der Waals surface area contributed by atoms with Crippen LogP contribution in [0.4, 0.5) is 0 Å². The van der Waals surface area contributed by atoms with Gasteiger partial charge in [0.15, 0.2) is 0 Å². The van der Waals surface area contributed by atoms with Crippen molar-refractivity contribution in [2.75, 3.05) is 12.4 Å². The third kappa shape index (κ3) is 6.65. The molecule has 0 spiro atoms. The summed E-state index contributed by atoms with van der Waals surface area (Å²) in [6, 6.07) is 16.2. The molecule has 0 unspecified atom stereocenters. The second-order valence-electron chi connectivity index (χ2n) is 5.26. The van der Waals surface area contributed by atoms with Gasteiger partial charge in [-0.15, -0.1) is 0 Å². The predicted molar refractivity (Wildman–Crippen MR) is 110 cm³/mol. The number of rotatable bonds is 5. The summed E-state index contributed by atoms with van der Waals surface area (Å²) < 4.78 is 5.62. The molecule has 0 saturated heterocycles. The van der Waals surface area contributed by atoms with Gasteiger partial charge in [-0.2, -0.15) is 12.6 Å². The number of hydrogen-bond acceptors (Lipinski definition) is 3. The van der Waals surface area contributed by atoms with E-state index >= 15 is 0 Å². The van der Waals surface area contributed by atoms with Crippen LogP contribution in [-0.2, 0) is 0 Å². The third-order valence-electron chi connectivity index (χ3n) is 3.34. The maximum Gasteiger partial charge on any atom is 0.248 e. The number of fused-ring (bicyclic) bond motifs is 1. The van der Waals surface area contributed by atoms with Crippen molar-refractivity contribution in [1.82, 2.24) is 4.98 Å². The zero-order valence-electron chi connectivity index (χ0n) is 13.5. The van der Waals surface area contributed by atoms with Crippen LogP contribution in [0.1, 0.15) is 12.8 Å². The molecule has 0 bridgehead atoms. The Kier molecular flexibility index (Phi) is 8.19. The molecular formula is C19H19Cl2NO2S. The molecule has 0 fully saturated rings. The monoisotopic (exact) mass is 395 g/mol. The molecule has 0 saturated carbocycles. The first-order valence-corrected chi connectivity index (χ1v) is 9.26. The van der Waals surface area contributed by atoms with Gasteiger partial charge < -0.3 is 9.72 Å². The second-order valence-corrected chi connectivity index (χ2v) is 6.53. The molecule has 25 heavy (non-hydrogen) atoms. The van der Waals surface area contributed by atoms with Gasteiger partial charge in [-0.3, -0.25) is 4.79 Å². The molecule has 0 aliphatic rings. The van der Waals surface area contributed by atoms with E-state index in [1.165, 1.54) is 6.07 Å². The van der Waals surface area contributed by atoms with E-state index in [-0.39, 0.29) is 5.56 Å². The Labute approximate surface area is 162 Å². The van der Waals surface area contributed by atoms with Crippen LogP contribution in [0.25, 0.3) is 10.9 Å². The average Bonchev–Trinajstić information content (AvgIpc) is 2.62. The molecule has 1 aromatic heterocycles. The highest BCUT2D eigenvalue weighted by atomic mass is 35.5. The molecule has 132 valence electrons. The number of aromatic nitrogens is 1. The summed E-state index contributed by atoms with van der Waals surface area (Å²) in [4.78, 5) is 13.9. The Bertz CT molecular complexity index is 846. The molecule has 1 heterocycles. The van der Waals surface area contributed by atoms with Gasteiger partial charge in [0, 0.05) is 17.0 Å². The predicted octanol–water partition coefficient (Wildman–Crippen LogP) is 5.61. The fraction of sp³-hybridized carbons (Fsp3) is 0.211. The van der Waals surface area contributed by atoms with Crippen molar-refractivity contribution >= 4 is 46.7 Å². The summed E-state index contributed by atoms with van der Waals surface area (Å²) in [7, 11) is 0. The largest absolute Gasteiger partial charge is 0.494 e. The summed E-state index contributed by atoms with van der Waals surface area (Å²) in [6.07, 6.45) is 2.07. The Balaban J connectivity index is 0.000000236. The number of aromatic amines is 1. The number of pyridine rings is 1. The fourth-order valence-electron chi connectivity index (χ4n) is 2.07. The van der Waals surface area contributed by atoms with E-state index in [0.717, 1.165) is 35.2 Å². The lowest BCUT2D eigenvalue weighted by Crippen LogP contribution is -2.02. The minimum atomic E-state index is -0.0834. The molecule has 0 radical (unpaired) electrons. The van der Waals surface area contributed by atoms with E-state index in [9.17, 15) is 4.79 Å². The molecule has 2 aromatic carbocycles. The van der Waals surface area contributed by atoms with Crippen LogP contribution in [0.3, 0.4) is 0 Å². The highest BCUT2D eigenvalue weighted by Gasteiger charge is 1.98. The van der Waals surface area contributed by atoms with Crippen LogP contribution in [0.15, 0.2) is 59.4 Å². The Morgan fingerprint density at radius 3 is 2.32 bits per heavy atom. The smallest absolute Gasteiger partial charge is 0.248 e. The summed E-state index contributed by atoms with van der Waals surface area (Å²) >= 11 is 15.3. The lowest BCUT2D eigenvalue weighted by atomic mass is 10.2. The van der Waals surface area contributed by atoms with Crippen molar-refractivity contribution in [2.45, 2.75) is 12.8 Å². The quantitative estimate of drug-likeness (QED) is 0.435. The van der Waals surface area contributed by atoms with E-state index in [0.29, 0.717) is 16.7 Å². The van der Waals surface area contributed by atoms with Gasteiger partial charge in [0.2, 0.25) is 5.56 Å². The first kappa shape index (κ1) is 19.7. The maximum atomic E-state index is 11.1. The SMILES string of the molecule is Clc1ccccc1Cl.O=c1ccc2cc(OCCCCS)ccc2[nH]1. The molecule has 0 amide bonds. The number of halogens is 2. The summed E-state index contributed by atoms with van der Waals surface area (Å²) in [6.45, 7) is 0.704. The number of unbranched alkanes of at least 4 members (excludes halogenated alkanes) is 1. The van der Waals surface area contributed by atoms with Gasteiger partial charge in [-0.1, -0.05) is 35.3 Å². The van der Waals surface area contributed by atoms with Crippen LogP contribution in [-0.4, -0.2) is 17.3 Å². The highest BCUT2D eigenvalue weighted by Crippen LogP contribution is 2.19. The summed E-state index contributed by atoms with van der Waals surface area (Å²) in [5.74, 6) is 1.73. The van der Waals surface area contributed by atoms with Crippen molar-refractivity contribution in [3.63, 3.8) is 0 Å². The zero-order valence-corrected chi connectivity index (χ0v) is 16.0. The van der Waals surface area contributed by atoms with E-state index in [2.05, 4.69) is 17.6 Å². The normalized spacial score (nSPS) is 10.2. The number of benzene rings is 2. The standard InChI is InChI=1S/C13H15NO2S.C6H4Cl2/c15-13-6-3-10-9-11(4-5-12(10)14-13)16-7-1-2-8-17;7-5-3-1-2-4-6(5)8/h3-6,9,17H,1-2,7-8H2,(H,14,15);1-4H. The van der Waals surface area contributed by atoms with Gasteiger partial charge in [-0.05, 0) is 55.0 Å². The van der Waals surface area contributed by atoms with Crippen molar-refractivity contribution < 1.29 is 4.74 Å². The van der Waals surface area contributed by atoms with Crippen LogP contribution >= 0.6 is 35.8 Å². The number of thiol groups is 1. The first-order chi connectivity index (χ1) is 12.1. The maximum absolute atomic E-state index is 11.1. The van der Waals surface area contributed by atoms with E-state index in [1.54, 1.807) is 18.2 Å². The molecule has 6 heteroatoms. The molecular weight excluding hydrogens is 377 g/mol. The summed E-state index contributed by atoms with van der Waals surface area (Å²) in [5.41, 5.74) is 0.750. The van der Waals surface area contributed by atoms with Crippen LogP contribution in [0.5, 0.6) is 5.75 Å². The zero-order chi connectivity index (χ0) is 18.1. The Morgan fingerprint density at radius 2 is 1.68 bits per heavy atom. The average molecular weight is 396 g/mol. The van der Waals surface area contributed by atoms with Gasteiger partial charge in [-0.25, -0.2) is 0 Å². The highest BCUT2D eigenvalue weighted by molar-refractivity contribution is 7.80. The molecule has 3 rings (SSSR count). The number of ether oxygens (including phenoxy) is 1. The van der Waals surface area contributed by atoms with Crippen LogP contribution in [0.2, 0.25) is 10.0 Å². The van der Waals surface area contributed by atoms with E-state index in [4.69, 9.17) is 27.9 Å². The second kappa shape index (κ2) is 10.4. The molecule has 3 aromatic rings. The molecule has 3 nitrogen and oxygen atoms in total. The Morgan fingerprint density at radius 1 is 0.960 bits per heavy atom. The lowest BCUT2D eigenvalue weighted by Gasteiger charge is -2.06. The fourth-order valence-corrected chi connectivity index (χ4v) is 2.56. The third-order valence-corrected chi connectivity index (χ3v) is 4.41. The van der Waals surface area contributed by atoms with Crippen molar-refractivity contribution in [3.8, 4) is 5.75 Å². The van der Waals surface area contributed by atoms with Crippen LogP contribution in [0, 0.1) is 0 Å². The lowest BCUT2D eigenvalue weighted by molar-refractivity contribution is 0.310. The molecule has 0 aliphatic carbocycles. The Hall–Kier alpha value is -1.62. The van der Waals surface area contributed by atoms with Crippen LogP contribution < -0.4 is 10.3 Å². The number of hydrogen-bond donors (Lipinski definition) is 2. The summed E-state index contributed by atoms with van der Waals surface area (Å²) in [5, 5.41) is 2.19. The topological polar surface area (TPSA) is 42.1 Å². The van der Waals surface area contributed by atoms with Gasteiger partial charge in [0.05, 0.1) is 16.7 Å². The minimum absolute atomic E-state index is 0.0834. The first-order valence-electron chi connectivity index (χ1n) is 7.87. The number of H-pyrrole nitrogens is 1. The van der Waals surface area contributed by atoms with Crippen molar-refractivity contribution in [1.29, 1.82) is 0 Å². The van der Waals surface area contributed by atoms with Gasteiger partial charge in [0.25, 0.3) is 0 Å². The number of nitrogens with one attached hydrogen (secondary N) is 1. The van der Waals surface area contributed by atoms with Crippen molar-refractivity contribution in [3.05, 3.63) is 75.0 Å². The molecule has 1 N–H and O–H groups in total. The van der Waals surface area contributed by atoms with Crippen molar-refractivity contribution in [2.24, 2.45) is 0 Å². The van der Waals surface area contributed by atoms with Gasteiger partial charge >= 0.3 is 0 Å². The van der Waals surface area contributed by atoms with E-state index < -0.39 is 0 Å². The van der Waals surface area contributed by atoms with E-state index in [1.807, 2.05) is 30.3 Å². The molecule has 0 aliphatic heterocycles.